The van der Waals surface area contributed by atoms with Gasteiger partial charge in [-0.25, -0.2) is 4.98 Å². The molecule has 1 N–H and O–H groups in total. The van der Waals surface area contributed by atoms with Gasteiger partial charge >= 0.3 is 0 Å². The second-order valence-electron chi connectivity index (χ2n) is 4.20. The number of aromatic nitrogens is 1. The highest BCUT2D eigenvalue weighted by Crippen LogP contribution is 2.23. The first kappa shape index (κ1) is 14.8. The average Bonchev–Trinajstić information content (AvgIpc) is 2.52. The van der Waals surface area contributed by atoms with Crippen LogP contribution in [0.4, 0.5) is 4.39 Å². The number of methoxy groups -OCH3 is 2. The maximum absolute atomic E-state index is 13.4. The van der Waals surface area contributed by atoms with Crippen molar-refractivity contribution in [1.29, 1.82) is 0 Å². The molecular formula is C15H15FN2O3. The van der Waals surface area contributed by atoms with Crippen molar-refractivity contribution in [2.75, 3.05) is 14.2 Å². The third-order valence-corrected chi connectivity index (χ3v) is 2.93. The summed E-state index contributed by atoms with van der Waals surface area (Å²) in [6.45, 7) is 0.188. The van der Waals surface area contributed by atoms with Crippen LogP contribution in [0.3, 0.4) is 0 Å². The number of rotatable bonds is 5. The minimum absolute atomic E-state index is 0.0978. The molecule has 0 fully saturated rings. The van der Waals surface area contributed by atoms with E-state index in [0.717, 1.165) is 5.56 Å². The number of pyridine rings is 1. The van der Waals surface area contributed by atoms with Crippen molar-refractivity contribution in [2.45, 2.75) is 6.54 Å². The summed E-state index contributed by atoms with van der Waals surface area (Å²) < 4.78 is 23.8. The maximum Gasteiger partial charge on any atom is 0.256 e. The fraction of sp³-hybridized carbons (Fsp3) is 0.200. The van der Waals surface area contributed by atoms with E-state index in [-0.39, 0.29) is 12.1 Å². The Morgan fingerprint density at radius 2 is 2.10 bits per heavy atom. The number of hydrogen-bond acceptors (Lipinski definition) is 4. The van der Waals surface area contributed by atoms with Crippen molar-refractivity contribution in [2.24, 2.45) is 0 Å². The summed E-state index contributed by atoms with van der Waals surface area (Å²) in [6, 6.07) is 8.12. The van der Waals surface area contributed by atoms with Gasteiger partial charge in [-0.2, -0.15) is 4.39 Å². The number of hydrogen-bond donors (Lipinski definition) is 1. The van der Waals surface area contributed by atoms with Gasteiger partial charge in [-0.3, -0.25) is 4.79 Å². The van der Waals surface area contributed by atoms with E-state index in [9.17, 15) is 9.18 Å². The predicted molar refractivity (Wildman–Crippen MR) is 74.9 cm³/mol. The molecule has 0 atom stereocenters. The molecule has 0 radical (unpaired) electrons. The Bertz CT molecular complexity index is 647. The molecule has 5 nitrogen and oxygen atoms in total. The van der Waals surface area contributed by atoms with Crippen LogP contribution in [0.2, 0.25) is 0 Å². The lowest BCUT2D eigenvalue weighted by Gasteiger charge is -2.11. The predicted octanol–water partition coefficient (Wildman–Crippen LogP) is 2.17. The van der Waals surface area contributed by atoms with Gasteiger partial charge in [0.25, 0.3) is 5.91 Å². The van der Waals surface area contributed by atoms with E-state index in [2.05, 4.69) is 10.3 Å². The molecule has 1 heterocycles. The summed E-state index contributed by atoms with van der Waals surface area (Å²) >= 11 is 0. The lowest BCUT2D eigenvalue weighted by atomic mass is 10.1. The fourth-order valence-electron chi connectivity index (χ4n) is 1.85. The fourth-order valence-corrected chi connectivity index (χ4v) is 1.85. The van der Waals surface area contributed by atoms with Crippen molar-refractivity contribution in [3.63, 3.8) is 0 Å². The minimum atomic E-state index is -0.799. The van der Waals surface area contributed by atoms with Crippen LogP contribution >= 0.6 is 0 Å². The molecule has 0 saturated carbocycles. The van der Waals surface area contributed by atoms with Crippen LogP contribution in [0.15, 0.2) is 36.5 Å². The summed E-state index contributed by atoms with van der Waals surface area (Å²) in [5.74, 6) is -0.0755. The molecule has 0 spiro atoms. The van der Waals surface area contributed by atoms with Gasteiger partial charge in [0.15, 0.2) is 0 Å². The molecule has 0 unspecified atom stereocenters. The second kappa shape index (κ2) is 6.69. The van der Waals surface area contributed by atoms with Gasteiger partial charge in [0.2, 0.25) is 5.95 Å². The Morgan fingerprint density at radius 3 is 2.76 bits per heavy atom. The third kappa shape index (κ3) is 3.47. The SMILES string of the molecule is COc1ccc(OC)c(CNC(=O)c2cccnc2F)c1. The van der Waals surface area contributed by atoms with Gasteiger partial charge in [0, 0.05) is 18.3 Å². The first-order chi connectivity index (χ1) is 10.2. The Kier molecular flexibility index (Phi) is 4.71. The zero-order valence-corrected chi connectivity index (χ0v) is 11.7. The van der Waals surface area contributed by atoms with Crippen molar-refractivity contribution >= 4 is 5.91 Å². The van der Waals surface area contributed by atoms with E-state index in [1.807, 2.05) is 0 Å². The molecule has 110 valence electrons. The van der Waals surface area contributed by atoms with Crippen LogP contribution in [0, 0.1) is 5.95 Å². The molecule has 0 aliphatic carbocycles. The Balaban J connectivity index is 2.12. The molecule has 0 aliphatic heterocycles. The first-order valence-corrected chi connectivity index (χ1v) is 6.25. The topological polar surface area (TPSA) is 60.5 Å². The van der Waals surface area contributed by atoms with Crippen LogP contribution in [-0.2, 0) is 6.54 Å². The van der Waals surface area contributed by atoms with Crippen LogP contribution in [0.25, 0.3) is 0 Å². The van der Waals surface area contributed by atoms with Crippen molar-refractivity contribution in [3.8, 4) is 11.5 Å². The van der Waals surface area contributed by atoms with Gasteiger partial charge < -0.3 is 14.8 Å². The zero-order valence-electron chi connectivity index (χ0n) is 11.7. The highest BCUT2D eigenvalue weighted by atomic mass is 19.1. The lowest BCUT2D eigenvalue weighted by Crippen LogP contribution is -2.24. The van der Waals surface area contributed by atoms with Gasteiger partial charge in [-0.1, -0.05) is 0 Å². The van der Waals surface area contributed by atoms with Gasteiger partial charge in [-0.15, -0.1) is 0 Å². The summed E-state index contributed by atoms with van der Waals surface area (Å²) in [4.78, 5) is 15.4. The van der Waals surface area contributed by atoms with Crippen LogP contribution in [0.1, 0.15) is 15.9 Å². The van der Waals surface area contributed by atoms with Crippen LogP contribution < -0.4 is 14.8 Å². The molecule has 2 rings (SSSR count). The van der Waals surface area contributed by atoms with E-state index in [1.54, 1.807) is 25.3 Å². The van der Waals surface area contributed by atoms with Crippen molar-refractivity contribution in [3.05, 3.63) is 53.6 Å². The van der Waals surface area contributed by atoms with E-state index >= 15 is 0 Å². The molecule has 0 saturated heterocycles. The quantitative estimate of drug-likeness (QED) is 0.857. The van der Waals surface area contributed by atoms with Gasteiger partial charge in [0.05, 0.1) is 19.8 Å². The number of nitrogens with one attached hydrogen (secondary N) is 1. The lowest BCUT2D eigenvalue weighted by molar-refractivity contribution is 0.0945. The molecule has 1 aromatic carbocycles. The molecule has 21 heavy (non-hydrogen) atoms. The smallest absolute Gasteiger partial charge is 0.256 e. The number of ether oxygens (including phenoxy) is 2. The first-order valence-electron chi connectivity index (χ1n) is 6.25. The average molecular weight is 290 g/mol. The summed E-state index contributed by atoms with van der Waals surface area (Å²) in [7, 11) is 3.09. The van der Waals surface area contributed by atoms with E-state index in [4.69, 9.17) is 9.47 Å². The molecule has 0 aliphatic rings. The van der Waals surface area contributed by atoms with E-state index < -0.39 is 11.9 Å². The largest absolute Gasteiger partial charge is 0.497 e. The number of benzene rings is 1. The molecule has 1 amide bonds. The number of halogens is 1. The van der Waals surface area contributed by atoms with E-state index in [1.165, 1.54) is 25.4 Å². The van der Waals surface area contributed by atoms with Crippen LogP contribution in [0.5, 0.6) is 11.5 Å². The molecule has 0 bridgehead atoms. The highest BCUT2D eigenvalue weighted by Gasteiger charge is 2.13. The summed E-state index contributed by atoms with van der Waals surface area (Å²) in [5.41, 5.74) is 0.633. The van der Waals surface area contributed by atoms with Gasteiger partial charge in [0.1, 0.15) is 11.5 Å². The van der Waals surface area contributed by atoms with Gasteiger partial charge in [-0.05, 0) is 30.3 Å². The van der Waals surface area contributed by atoms with Crippen LogP contribution in [-0.4, -0.2) is 25.1 Å². The molecule has 2 aromatic rings. The Morgan fingerprint density at radius 1 is 1.29 bits per heavy atom. The Labute approximate surface area is 121 Å². The minimum Gasteiger partial charge on any atom is -0.497 e. The molecular weight excluding hydrogens is 275 g/mol. The molecule has 6 heteroatoms. The number of nitrogens with zero attached hydrogens (tertiary/aromatic N) is 1. The number of amides is 1. The zero-order chi connectivity index (χ0) is 15.2. The monoisotopic (exact) mass is 290 g/mol. The molecule has 1 aromatic heterocycles. The third-order valence-electron chi connectivity index (χ3n) is 2.93. The second-order valence-corrected chi connectivity index (χ2v) is 4.20. The number of carbonyl (C=O) groups is 1. The maximum atomic E-state index is 13.4. The summed E-state index contributed by atoms with van der Waals surface area (Å²) in [5, 5.41) is 2.63. The highest BCUT2D eigenvalue weighted by molar-refractivity contribution is 5.94. The normalized spacial score (nSPS) is 10.0. The van der Waals surface area contributed by atoms with Crippen molar-refractivity contribution < 1.29 is 18.7 Å². The van der Waals surface area contributed by atoms with E-state index in [0.29, 0.717) is 11.5 Å². The standard InChI is InChI=1S/C15H15FN2O3/c1-20-11-5-6-13(21-2)10(8-11)9-18-15(19)12-4-3-7-17-14(12)16/h3-8H,9H2,1-2H3,(H,18,19). The number of carbonyl (C=O) groups excluding carboxylic acids is 1. The summed E-state index contributed by atoms with van der Waals surface area (Å²) in [6.07, 6.45) is 1.29. The Hall–Kier alpha value is -2.63. The van der Waals surface area contributed by atoms with Crippen molar-refractivity contribution in [1.82, 2.24) is 10.3 Å².